The third-order valence-electron chi connectivity index (χ3n) is 3.94. The van der Waals surface area contributed by atoms with E-state index < -0.39 is 17.5 Å². The molecule has 0 unspecified atom stereocenters. The van der Waals surface area contributed by atoms with Gasteiger partial charge in [0.1, 0.15) is 23.0 Å². The van der Waals surface area contributed by atoms with Gasteiger partial charge in [0.25, 0.3) is 5.91 Å². The van der Waals surface area contributed by atoms with Crippen LogP contribution in [-0.4, -0.2) is 18.2 Å². The van der Waals surface area contributed by atoms with Crippen molar-refractivity contribution < 1.29 is 18.4 Å². The van der Waals surface area contributed by atoms with Gasteiger partial charge in [0.2, 0.25) is 0 Å². The number of carbonyl (C=O) groups is 2. The number of benzene rings is 2. The van der Waals surface area contributed by atoms with Gasteiger partial charge in [-0.2, -0.15) is 0 Å². The lowest BCUT2D eigenvalue weighted by atomic mass is 10.1. The second-order valence-electron chi connectivity index (χ2n) is 5.45. The van der Waals surface area contributed by atoms with Crippen LogP contribution in [0.25, 0.3) is 0 Å². The standard InChI is InChI=1S/C17H11F2N3O2/c18-9-5-6-10(19)12(7-9)21-17(24)15-14(23)8-22-13-4-2-1-3-11(13)20-16(15)22/h1-7,20H,8H2,(H,21,24). The Hall–Kier alpha value is -3.22. The van der Waals surface area contributed by atoms with Crippen LogP contribution in [0.2, 0.25) is 0 Å². The SMILES string of the molecule is O=C1CN2C(=C1C(=O)Nc1cc(F)ccc1F)Nc1ccccc12. The molecule has 2 heterocycles. The molecular weight excluding hydrogens is 316 g/mol. The van der Waals surface area contributed by atoms with E-state index >= 15 is 0 Å². The van der Waals surface area contributed by atoms with Gasteiger partial charge in [-0.25, -0.2) is 8.78 Å². The fourth-order valence-electron chi connectivity index (χ4n) is 2.86. The van der Waals surface area contributed by atoms with Crippen molar-refractivity contribution >= 4 is 28.8 Å². The van der Waals surface area contributed by atoms with E-state index in [1.165, 1.54) is 0 Å². The highest BCUT2D eigenvalue weighted by Gasteiger charge is 2.39. The van der Waals surface area contributed by atoms with Crippen LogP contribution in [0.5, 0.6) is 0 Å². The number of amides is 1. The number of Topliss-reactive ketones (excluding diaryl/α,β-unsaturated/α-hetero) is 1. The average molecular weight is 327 g/mol. The van der Waals surface area contributed by atoms with Crippen molar-refractivity contribution in [1.82, 2.24) is 0 Å². The van der Waals surface area contributed by atoms with Gasteiger partial charge in [-0.3, -0.25) is 9.59 Å². The van der Waals surface area contributed by atoms with Crippen molar-refractivity contribution in [2.45, 2.75) is 0 Å². The van der Waals surface area contributed by atoms with Crippen LogP contribution < -0.4 is 15.5 Å². The Bertz CT molecular complexity index is 924. The zero-order chi connectivity index (χ0) is 16.8. The van der Waals surface area contributed by atoms with Crippen LogP contribution in [0.3, 0.4) is 0 Å². The molecule has 0 bridgehead atoms. The number of ketones is 1. The number of anilines is 3. The molecule has 0 aliphatic carbocycles. The minimum Gasteiger partial charge on any atom is -0.339 e. The summed E-state index contributed by atoms with van der Waals surface area (Å²) in [5.41, 5.74) is 1.16. The molecule has 2 aliphatic rings. The number of para-hydroxylation sites is 2. The molecule has 0 radical (unpaired) electrons. The van der Waals surface area contributed by atoms with Crippen LogP contribution in [-0.2, 0) is 9.59 Å². The minimum atomic E-state index is -0.777. The molecule has 0 saturated heterocycles. The average Bonchev–Trinajstić information content (AvgIpc) is 3.05. The number of hydrogen-bond donors (Lipinski definition) is 2. The first-order chi connectivity index (χ1) is 11.5. The number of carbonyl (C=O) groups excluding carboxylic acids is 2. The Kier molecular flexibility index (Phi) is 3.09. The first-order valence-corrected chi connectivity index (χ1v) is 7.22. The molecule has 2 aliphatic heterocycles. The van der Waals surface area contributed by atoms with E-state index in [1.54, 1.807) is 4.90 Å². The summed E-state index contributed by atoms with van der Waals surface area (Å²) in [4.78, 5) is 26.3. The number of fused-ring (bicyclic) bond motifs is 3. The highest BCUT2D eigenvalue weighted by Crippen LogP contribution is 2.40. The third kappa shape index (κ3) is 2.13. The van der Waals surface area contributed by atoms with Crippen molar-refractivity contribution in [3.8, 4) is 0 Å². The molecular formula is C17H11F2N3O2. The summed E-state index contributed by atoms with van der Waals surface area (Å²) in [5.74, 6) is -2.27. The fraction of sp³-hybridized carbons (Fsp3) is 0.0588. The van der Waals surface area contributed by atoms with Crippen molar-refractivity contribution in [2.24, 2.45) is 0 Å². The molecule has 0 atom stereocenters. The Morgan fingerprint density at radius 2 is 1.96 bits per heavy atom. The van der Waals surface area contributed by atoms with Gasteiger partial charge in [0.15, 0.2) is 5.78 Å². The molecule has 0 aromatic heterocycles. The molecule has 5 nitrogen and oxygen atoms in total. The molecule has 0 saturated carbocycles. The number of nitrogens with zero attached hydrogens (tertiary/aromatic N) is 1. The topological polar surface area (TPSA) is 61.4 Å². The van der Waals surface area contributed by atoms with Gasteiger partial charge in [0, 0.05) is 6.07 Å². The summed E-state index contributed by atoms with van der Waals surface area (Å²) in [6.07, 6.45) is 0. The zero-order valence-electron chi connectivity index (χ0n) is 12.3. The highest BCUT2D eigenvalue weighted by molar-refractivity contribution is 6.28. The maximum atomic E-state index is 13.7. The molecule has 4 rings (SSSR count). The van der Waals surface area contributed by atoms with E-state index in [4.69, 9.17) is 0 Å². The zero-order valence-corrected chi connectivity index (χ0v) is 12.3. The molecule has 0 spiro atoms. The molecule has 2 N–H and O–H groups in total. The molecule has 120 valence electrons. The van der Waals surface area contributed by atoms with Gasteiger partial charge in [-0.15, -0.1) is 0 Å². The third-order valence-corrected chi connectivity index (χ3v) is 3.94. The molecule has 0 fully saturated rings. The lowest BCUT2D eigenvalue weighted by Crippen LogP contribution is -2.21. The first kappa shape index (κ1) is 14.4. The van der Waals surface area contributed by atoms with Crippen molar-refractivity contribution in [3.05, 3.63) is 65.5 Å². The number of hydrogen-bond acceptors (Lipinski definition) is 4. The lowest BCUT2D eigenvalue weighted by molar-refractivity contribution is -0.118. The van der Waals surface area contributed by atoms with Crippen LogP contribution in [0, 0.1) is 11.6 Å². The Balaban J connectivity index is 1.69. The van der Waals surface area contributed by atoms with Gasteiger partial charge < -0.3 is 15.5 Å². The summed E-state index contributed by atoms with van der Waals surface area (Å²) in [7, 11) is 0. The first-order valence-electron chi connectivity index (χ1n) is 7.22. The molecule has 1 amide bonds. The summed E-state index contributed by atoms with van der Waals surface area (Å²) in [6, 6.07) is 10.0. The monoisotopic (exact) mass is 327 g/mol. The van der Waals surface area contributed by atoms with Gasteiger partial charge in [0.05, 0.1) is 23.6 Å². The largest absolute Gasteiger partial charge is 0.339 e. The Morgan fingerprint density at radius 1 is 1.17 bits per heavy atom. The van der Waals surface area contributed by atoms with Crippen molar-refractivity contribution in [3.63, 3.8) is 0 Å². The van der Waals surface area contributed by atoms with E-state index in [0.717, 1.165) is 29.6 Å². The van der Waals surface area contributed by atoms with E-state index in [9.17, 15) is 18.4 Å². The van der Waals surface area contributed by atoms with E-state index in [-0.39, 0.29) is 23.6 Å². The smallest absolute Gasteiger partial charge is 0.263 e. The van der Waals surface area contributed by atoms with Gasteiger partial charge in [-0.05, 0) is 24.3 Å². The number of halogens is 2. The quantitative estimate of drug-likeness (QED) is 0.833. The van der Waals surface area contributed by atoms with Crippen molar-refractivity contribution in [1.29, 1.82) is 0 Å². The van der Waals surface area contributed by atoms with Crippen LogP contribution in [0.15, 0.2) is 53.9 Å². The normalized spacial score (nSPS) is 15.2. The molecule has 2 aromatic rings. The predicted molar refractivity (Wildman–Crippen MR) is 84.4 cm³/mol. The Labute approximate surface area is 135 Å². The van der Waals surface area contributed by atoms with Crippen LogP contribution in [0.4, 0.5) is 25.8 Å². The molecule has 24 heavy (non-hydrogen) atoms. The Morgan fingerprint density at radius 3 is 2.79 bits per heavy atom. The predicted octanol–water partition coefficient (Wildman–Crippen LogP) is 2.63. The van der Waals surface area contributed by atoms with E-state index in [0.29, 0.717) is 5.82 Å². The van der Waals surface area contributed by atoms with Gasteiger partial charge >= 0.3 is 0 Å². The van der Waals surface area contributed by atoms with Crippen LogP contribution in [0.1, 0.15) is 0 Å². The van der Waals surface area contributed by atoms with E-state index in [1.807, 2.05) is 24.3 Å². The summed E-state index contributed by atoms with van der Waals surface area (Å²) in [5, 5.41) is 5.29. The van der Waals surface area contributed by atoms with Crippen LogP contribution >= 0.6 is 0 Å². The number of rotatable bonds is 2. The second-order valence-corrected chi connectivity index (χ2v) is 5.45. The number of nitrogens with one attached hydrogen (secondary N) is 2. The lowest BCUT2D eigenvalue weighted by Gasteiger charge is -2.11. The van der Waals surface area contributed by atoms with Crippen molar-refractivity contribution in [2.75, 3.05) is 22.1 Å². The summed E-state index contributed by atoms with van der Waals surface area (Å²) >= 11 is 0. The van der Waals surface area contributed by atoms with E-state index in [2.05, 4.69) is 10.6 Å². The fourth-order valence-corrected chi connectivity index (χ4v) is 2.86. The molecule has 7 heteroatoms. The molecule has 2 aromatic carbocycles. The maximum Gasteiger partial charge on any atom is 0.263 e. The van der Waals surface area contributed by atoms with Gasteiger partial charge in [-0.1, -0.05) is 12.1 Å². The summed E-state index contributed by atoms with van der Waals surface area (Å²) in [6.45, 7) is 0.0216. The minimum absolute atomic E-state index is 0.0216. The summed E-state index contributed by atoms with van der Waals surface area (Å²) < 4.78 is 26.9. The highest BCUT2D eigenvalue weighted by atomic mass is 19.1. The second kappa shape index (κ2) is 5.16. The maximum absolute atomic E-state index is 13.7.